The van der Waals surface area contributed by atoms with E-state index >= 15 is 0 Å². The number of amides is 1. The Morgan fingerprint density at radius 2 is 2.00 bits per heavy atom. The van der Waals surface area contributed by atoms with Gasteiger partial charge >= 0.3 is 5.97 Å². The highest BCUT2D eigenvalue weighted by Gasteiger charge is 2.49. The average Bonchev–Trinajstić information content (AvgIpc) is 3.38. The molecule has 0 spiro atoms. The molecule has 3 aromatic heterocycles. The number of hydrogen-bond donors (Lipinski definition) is 2. The van der Waals surface area contributed by atoms with Crippen LogP contribution < -0.4 is 11.1 Å². The van der Waals surface area contributed by atoms with Crippen LogP contribution in [-0.2, 0) is 20.9 Å². The fourth-order valence-corrected chi connectivity index (χ4v) is 4.51. The number of halogens is 2. The molecular formula is C25H23F2N7O3. The van der Waals surface area contributed by atoms with Crippen molar-refractivity contribution in [2.24, 2.45) is 5.41 Å². The van der Waals surface area contributed by atoms with E-state index in [1.165, 1.54) is 16.8 Å². The Morgan fingerprint density at radius 1 is 1.24 bits per heavy atom. The molecule has 10 nitrogen and oxygen atoms in total. The minimum absolute atomic E-state index is 0.0100. The number of hydrogen-bond acceptors (Lipinski definition) is 8. The zero-order chi connectivity index (χ0) is 26.5. The molecule has 1 amide bonds. The first-order valence-electron chi connectivity index (χ1n) is 11.5. The van der Waals surface area contributed by atoms with Gasteiger partial charge in [-0.05, 0) is 32.9 Å². The maximum Gasteiger partial charge on any atom is 0.312 e. The first-order chi connectivity index (χ1) is 17.6. The van der Waals surface area contributed by atoms with Crippen LogP contribution in [0.4, 0.5) is 20.4 Å². The van der Waals surface area contributed by atoms with Crippen molar-refractivity contribution in [3.05, 3.63) is 59.3 Å². The van der Waals surface area contributed by atoms with Crippen LogP contribution in [0.2, 0.25) is 0 Å². The fourth-order valence-electron chi connectivity index (χ4n) is 4.51. The molecule has 0 bridgehead atoms. The number of pyridine rings is 1. The second kappa shape index (κ2) is 8.87. The van der Waals surface area contributed by atoms with Crippen molar-refractivity contribution < 1.29 is 23.1 Å². The molecule has 1 atom stereocenters. The molecule has 37 heavy (non-hydrogen) atoms. The summed E-state index contributed by atoms with van der Waals surface area (Å²) in [5.74, 6) is -2.97. The lowest BCUT2D eigenvalue weighted by atomic mass is 9.76. The van der Waals surface area contributed by atoms with Gasteiger partial charge in [-0.15, -0.1) is 0 Å². The molecule has 5 rings (SSSR count). The van der Waals surface area contributed by atoms with Crippen molar-refractivity contribution in [2.45, 2.75) is 33.2 Å². The monoisotopic (exact) mass is 507 g/mol. The van der Waals surface area contributed by atoms with Crippen LogP contribution in [0.15, 0.2) is 36.5 Å². The van der Waals surface area contributed by atoms with Crippen LogP contribution in [0, 0.1) is 17.0 Å². The molecule has 3 N–H and O–H groups in total. The van der Waals surface area contributed by atoms with E-state index in [0.29, 0.717) is 5.56 Å². The number of rotatable bonds is 6. The predicted octanol–water partition coefficient (Wildman–Crippen LogP) is 3.42. The maximum atomic E-state index is 14.3. The van der Waals surface area contributed by atoms with E-state index in [0.717, 1.165) is 6.20 Å². The van der Waals surface area contributed by atoms with Crippen LogP contribution in [-0.4, -0.2) is 43.2 Å². The van der Waals surface area contributed by atoms with Gasteiger partial charge in [-0.1, -0.05) is 18.2 Å². The summed E-state index contributed by atoms with van der Waals surface area (Å²) in [4.78, 5) is 38.5. The number of ether oxygens (including phenoxy) is 1. The van der Waals surface area contributed by atoms with Crippen LogP contribution in [0.3, 0.4) is 0 Å². The highest BCUT2D eigenvalue weighted by atomic mass is 19.1. The minimum atomic E-state index is -1.24. The number of aromatic nitrogens is 5. The molecule has 4 heterocycles. The first kappa shape index (κ1) is 24.2. The van der Waals surface area contributed by atoms with Gasteiger partial charge in [0.15, 0.2) is 11.5 Å². The van der Waals surface area contributed by atoms with Crippen molar-refractivity contribution in [3.63, 3.8) is 0 Å². The molecular weight excluding hydrogens is 484 g/mol. The van der Waals surface area contributed by atoms with Crippen molar-refractivity contribution in [3.8, 4) is 11.5 Å². The van der Waals surface area contributed by atoms with E-state index < -0.39 is 34.8 Å². The van der Waals surface area contributed by atoms with Crippen molar-refractivity contribution in [1.29, 1.82) is 0 Å². The van der Waals surface area contributed by atoms with Gasteiger partial charge in [0, 0.05) is 5.56 Å². The van der Waals surface area contributed by atoms with Gasteiger partial charge in [0.25, 0.3) is 0 Å². The maximum absolute atomic E-state index is 14.3. The lowest BCUT2D eigenvalue weighted by Crippen LogP contribution is -2.37. The van der Waals surface area contributed by atoms with Gasteiger partial charge in [0.1, 0.15) is 29.0 Å². The molecule has 1 aliphatic heterocycles. The number of carbonyl (C=O) groups excluding carboxylic acids is 2. The fraction of sp³-hybridized carbons (Fsp3) is 0.280. The Morgan fingerprint density at radius 3 is 2.73 bits per heavy atom. The number of nitrogens with zero attached hydrogens (tertiary/aromatic N) is 5. The quantitative estimate of drug-likeness (QED) is 0.379. The Kier molecular flexibility index (Phi) is 5.81. The SMILES string of the molecule is CCOC(=O)C(C)(C)C1C(=O)Nc2nc(-c3nn(Cc4ccccc4F)c4ncc(F)cc34)nc(N)c21. The third-order valence-electron chi connectivity index (χ3n) is 6.33. The Hall–Kier alpha value is -4.48. The summed E-state index contributed by atoms with van der Waals surface area (Å²) in [6, 6.07) is 7.43. The highest BCUT2D eigenvalue weighted by molar-refractivity contribution is 6.07. The molecule has 190 valence electrons. The number of nitrogen functional groups attached to an aromatic ring is 1. The topological polar surface area (TPSA) is 138 Å². The van der Waals surface area contributed by atoms with E-state index in [-0.39, 0.29) is 52.9 Å². The Labute approximate surface area is 209 Å². The van der Waals surface area contributed by atoms with Crippen molar-refractivity contribution >= 4 is 34.5 Å². The zero-order valence-corrected chi connectivity index (χ0v) is 20.2. The molecule has 4 aromatic rings. The molecule has 0 fully saturated rings. The number of benzene rings is 1. The summed E-state index contributed by atoms with van der Waals surface area (Å²) in [7, 11) is 0. The van der Waals surface area contributed by atoms with Gasteiger partial charge in [-0.2, -0.15) is 5.10 Å². The normalized spacial score (nSPS) is 15.1. The number of nitrogens with one attached hydrogen (secondary N) is 1. The third kappa shape index (κ3) is 4.03. The van der Waals surface area contributed by atoms with E-state index in [1.54, 1.807) is 39.0 Å². The Balaban J connectivity index is 1.62. The summed E-state index contributed by atoms with van der Waals surface area (Å²) in [5, 5.41) is 7.44. The average molecular weight is 508 g/mol. The second-order valence-electron chi connectivity index (χ2n) is 9.18. The smallest absolute Gasteiger partial charge is 0.312 e. The van der Waals surface area contributed by atoms with Crippen LogP contribution in [0.5, 0.6) is 0 Å². The molecule has 0 aliphatic carbocycles. The zero-order valence-electron chi connectivity index (χ0n) is 20.2. The standard InChI is InChI=1S/C25H23F2N7O3/c1-4-37-24(36)25(2,3)17-16-19(28)30-21(31-20(16)32-23(17)35)18-14-9-13(26)10-29-22(14)34(33-18)11-12-7-5-6-8-15(12)27/h5-10,17H,4,11H2,1-3H3,(H3,28,30,31,32,35). The molecule has 0 saturated heterocycles. The molecule has 1 aromatic carbocycles. The van der Waals surface area contributed by atoms with Gasteiger partial charge in [-0.25, -0.2) is 28.4 Å². The molecule has 1 aliphatic rings. The minimum Gasteiger partial charge on any atom is -0.466 e. The second-order valence-corrected chi connectivity index (χ2v) is 9.18. The summed E-state index contributed by atoms with van der Waals surface area (Å²) in [5.41, 5.74) is 6.10. The largest absolute Gasteiger partial charge is 0.466 e. The van der Waals surface area contributed by atoms with Gasteiger partial charge in [-0.3, -0.25) is 9.59 Å². The Bertz CT molecular complexity index is 1570. The van der Waals surface area contributed by atoms with Gasteiger partial charge in [0.05, 0.1) is 41.6 Å². The number of fused-ring (bicyclic) bond motifs is 2. The van der Waals surface area contributed by atoms with Crippen molar-refractivity contribution in [1.82, 2.24) is 24.7 Å². The summed E-state index contributed by atoms with van der Waals surface area (Å²) in [6.07, 6.45) is 1.03. The van der Waals surface area contributed by atoms with E-state index in [4.69, 9.17) is 10.5 Å². The number of anilines is 2. The van der Waals surface area contributed by atoms with Crippen molar-refractivity contribution in [2.75, 3.05) is 17.7 Å². The number of esters is 1. The summed E-state index contributed by atoms with van der Waals surface area (Å²) in [6.45, 7) is 5.03. The van der Waals surface area contributed by atoms with E-state index in [1.807, 2.05) is 0 Å². The predicted molar refractivity (Wildman–Crippen MR) is 130 cm³/mol. The first-order valence-corrected chi connectivity index (χ1v) is 11.5. The molecule has 1 unspecified atom stereocenters. The van der Waals surface area contributed by atoms with Crippen LogP contribution in [0.25, 0.3) is 22.6 Å². The van der Waals surface area contributed by atoms with E-state index in [9.17, 15) is 18.4 Å². The van der Waals surface area contributed by atoms with Gasteiger partial charge in [0.2, 0.25) is 5.91 Å². The molecule has 0 saturated carbocycles. The highest BCUT2D eigenvalue weighted by Crippen LogP contribution is 2.46. The molecule has 0 radical (unpaired) electrons. The lowest BCUT2D eigenvalue weighted by Gasteiger charge is -2.27. The number of nitrogens with two attached hydrogens (primary N) is 1. The summed E-state index contributed by atoms with van der Waals surface area (Å²) >= 11 is 0. The van der Waals surface area contributed by atoms with Gasteiger partial charge < -0.3 is 15.8 Å². The molecule has 12 heteroatoms. The van der Waals surface area contributed by atoms with Crippen LogP contribution >= 0.6 is 0 Å². The number of carbonyl (C=O) groups is 2. The lowest BCUT2D eigenvalue weighted by molar-refractivity contribution is -0.156. The van der Waals surface area contributed by atoms with E-state index in [2.05, 4.69) is 25.4 Å². The van der Waals surface area contributed by atoms with Crippen LogP contribution in [0.1, 0.15) is 37.8 Å². The summed E-state index contributed by atoms with van der Waals surface area (Å²) < 4.78 is 35.1. The third-order valence-corrected chi connectivity index (χ3v) is 6.33.